The summed E-state index contributed by atoms with van der Waals surface area (Å²) in [7, 11) is 3.22. The summed E-state index contributed by atoms with van der Waals surface area (Å²) in [6, 6.07) is 5.90. The number of methoxy groups -OCH3 is 2. The third-order valence-corrected chi connectivity index (χ3v) is 3.21. The van der Waals surface area contributed by atoms with Crippen LogP contribution in [0.3, 0.4) is 0 Å². The van der Waals surface area contributed by atoms with Crippen molar-refractivity contribution in [2.75, 3.05) is 14.2 Å². The van der Waals surface area contributed by atoms with Gasteiger partial charge >= 0.3 is 0 Å². The summed E-state index contributed by atoms with van der Waals surface area (Å²) >= 11 is 0. The van der Waals surface area contributed by atoms with Crippen LogP contribution in [0, 0.1) is 0 Å². The molecular formula is C15H24N2O3. The zero-order valence-electron chi connectivity index (χ0n) is 12.8. The number of benzene rings is 1. The van der Waals surface area contributed by atoms with E-state index in [1.165, 1.54) is 0 Å². The van der Waals surface area contributed by atoms with Crippen LogP contribution < -0.4 is 20.5 Å². The van der Waals surface area contributed by atoms with Crippen molar-refractivity contribution in [3.8, 4) is 11.5 Å². The lowest BCUT2D eigenvalue weighted by Gasteiger charge is -2.27. The number of carbonyl (C=O) groups excluding carboxylic acids is 1. The molecule has 1 rings (SSSR count). The Labute approximate surface area is 120 Å². The fraction of sp³-hybridized carbons (Fsp3) is 0.533. The standard InChI is InChI=1S/C15H24N2O3/c1-10(17-15(2,3)14(16)18)8-11-6-7-12(19-4)13(9-11)20-5/h6-7,9-10,17H,8H2,1-5H3,(H2,16,18). The van der Waals surface area contributed by atoms with E-state index in [0.717, 1.165) is 12.0 Å². The quantitative estimate of drug-likeness (QED) is 0.793. The minimum atomic E-state index is -0.726. The molecule has 1 atom stereocenters. The van der Waals surface area contributed by atoms with E-state index in [2.05, 4.69) is 5.32 Å². The highest BCUT2D eigenvalue weighted by atomic mass is 16.5. The molecule has 1 aromatic rings. The Morgan fingerprint density at radius 2 is 1.90 bits per heavy atom. The molecule has 0 spiro atoms. The fourth-order valence-electron chi connectivity index (χ4n) is 2.10. The predicted molar refractivity (Wildman–Crippen MR) is 79.1 cm³/mol. The zero-order chi connectivity index (χ0) is 15.3. The Kier molecular flexibility index (Phi) is 5.39. The third-order valence-electron chi connectivity index (χ3n) is 3.21. The van der Waals surface area contributed by atoms with Gasteiger partial charge in [-0.1, -0.05) is 6.07 Å². The molecule has 0 aromatic heterocycles. The predicted octanol–water partition coefficient (Wildman–Crippen LogP) is 1.49. The van der Waals surface area contributed by atoms with Gasteiger partial charge < -0.3 is 20.5 Å². The molecule has 20 heavy (non-hydrogen) atoms. The number of hydrogen-bond donors (Lipinski definition) is 2. The number of carbonyl (C=O) groups is 1. The van der Waals surface area contributed by atoms with Gasteiger partial charge in [0.1, 0.15) is 0 Å². The molecular weight excluding hydrogens is 256 g/mol. The van der Waals surface area contributed by atoms with Gasteiger partial charge in [-0.15, -0.1) is 0 Å². The van der Waals surface area contributed by atoms with Crippen LogP contribution in [0.15, 0.2) is 18.2 Å². The Bertz CT molecular complexity index is 472. The van der Waals surface area contributed by atoms with Crippen LogP contribution in [-0.2, 0) is 11.2 Å². The average molecular weight is 280 g/mol. The fourth-order valence-corrected chi connectivity index (χ4v) is 2.10. The number of nitrogens with one attached hydrogen (secondary N) is 1. The minimum absolute atomic E-state index is 0.107. The molecule has 0 fully saturated rings. The van der Waals surface area contributed by atoms with Crippen LogP contribution in [0.5, 0.6) is 11.5 Å². The normalized spacial score (nSPS) is 12.8. The van der Waals surface area contributed by atoms with Crippen molar-refractivity contribution >= 4 is 5.91 Å². The van der Waals surface area contributed by atoms with Gasteiger partial charge in [0.05, 0.1) is 19.8 Å². The van der Waals surface area contributed by atoms with Crippen molar-refractivity contribution in [2.45, 2.75) is 38.8 Å². The SMILES string of the molecule is COc1ccc(CC(C)NC(C)(C)C(N)=O)cc1OC. The Balaban J connectivity index is 2.76. The first kappa shape index (κ1) is 16.3. The highest BCUT2D eigenvalue weighted by molar-refractivity contribution is 5.83. The number of ether oxygens (including phenoxy) is 2. The maximum Gasteiger partial charge on any atom is 0.237 e. The monoisotopic (exact) mass is 280 g/mol. The van der Waals surface area contributed by atoms with Crippen molar-refractivity contribution in [1.82, 2.24) is 5.32 Å². The van der Waals surface area contributed by atoms with Crippen molar-refractivity contribution < 1.29 is 14.3 Å². The largest absolute Gasteiger partial charge is 0.493 e. The molecule has 0 saturated carbocycles. The maximum absolute atomic E-state index is 11.3. The van der Waals surface area contributed by atoms with Gasteiger partial charge in [-0.05, 0) is 44.9 Å². The van der Waals surface area contributed by atoms with Gasteiger partial charge in [-0.2, -0.15) is 0 Å². The van der Waals surface area contributed by atoms with Crippen LogP contribution in [0.4, 0.5) is 0 Å². The minimum Gasteiger partial charge on any atom is -0.493 e. The van der Waals surface area contributed by atoms with Crippen molar-refractivity contribution in [1.29, 1.82) is 0 Å². The highest BCUT2D eigenvalue weighted by Gasteiger charge is 2.26. The molecule has 0 saturated heterocycles. The average Bonchev–Trinajstić information content (AvgIpc) is 2.37. The molecule has 5 heteroatoms. The number of nitrogens with two attached hydrogens (primary N) is 1. The van der Waals surface area contributed by atoms with Gasteiger partial charge in [0.2, 0.25) is 5.91 Å². The van der Waals surface area contributed by atoms with Crippen molar-refractivity contribution in [3.05, 3.63) is 23.8 Å². The first-order valence-corrected chi connectivity index (χ1v) is 6.58. The van der Waals surface area contributed by atoms with Crippen LogP contribution in [0.2, 0.25) is 0 Å². The summed E-state index contributed by atoms with van der Waals surface area (Å²) in [5.41, 5.74) is 5.73. The Hall–Kier alpha value is -1.75. The van der Waals surface area contributed by atoms with E-state index in [0.29, 0.717) is 11.5 Å². The molecule has 0 heterocycles. The van der Waals surface area contributed by atoms with Crippen LogP contribution in [-0.4, -0.2) is 31.7 Å². The molecule has 1 unspecified atom stereocenters. The van der Waals surface area contributed by atoms with Gasteiger partial charge in [-0.3, -0.25) is 4.79 Å². The summed E-state index contributed by atoms with van der Waals surface area (Å²) in [5, 5.41) is 3.22. The Morgan fingerprint density at radius 1 is 1.30 bits per heavy atom. The van der Waals surface area contributed by atoms with Crippen LogP contribution in [0.1, 0.15) is 26.3 Å². The van der Waals surface area contributed by atoms with E-state index in [4.69, 9.17) is 15.2 Å². The number of hydrogen-bond acceptors (Lipinski definition) is 4. The van der Waals surface area contributed by atoms with E-state index < -0.39 is 5.54 Å². The molecule has 1 aromatic carbocycles. The second-order valence-electron chi connectivity index (χ2n) is 5.43. The summed E-state index contributed by atoms with van der Waals surface area (Å²) in [6.45, 7) is 5.57. The molecule has 0 bridgehead atoms. The van der Waals surface area contributed by atoms with Crippen molar-refractivity contribution in [3.63, 3.8) is 0 Å². The zero-order valence-corrected chi connectivity index (χ0v) is 12.8. The smallest absolute Gasteiger partial charge is 0.237 e. The number of amides is 1. The van der Waals surface area contributed by atoms with Gasteiger partial charge in [0, 0.05) is 6.04 Å². The first-order valence-electron chi connectivity index (χ1n) is 6.58. The van der Waals surface area contributed by atoms with E-state index >= 15 is 0 Å². The summed E-state index contributed by atoms with van der Waals surface area (Å²) < 4.78 is 10.5. The summed E-state index contributed by atoms with van der Waals surface area (Å²) in [4.78, 5) is 11.3. The second-order valence-corrected chi connectivity index (χ2v) is 5.43. The summed E-state index contributed by atoms with van der Waals surface area (Å²) in [6.07, 6.45) is 0.761. The molecule has 0 aliphatic heterocycles. The topological polar surface area (TPSA) is 73.6 Å². The highest BCUT2D eigenvalue weighted by Crippen LogP contribution is 2.28. The molecule has 0 aliphatic rings. The molecule has 112 valence electrons. The van der Waals surface area contributed by atoms with E-state index in [-0.39, 0.29) is 11.9 Å². The lowest BCUT2D eigenvalue weighted by atomic mass is 10.00. The number of rotatable bonds is 7. The summed E-state index contributed by atoms with van der Waals surface area (Å²) in [5.74, 6) is 1.04. The first-order chi connectivity index (χ1) is 9.30. The molecule has 3 N–H and O–H groups in total. The lowest BCUT2D eigenvalue weighted by Crippen LogP contribution is -2.54. The lowest BCUT2D eigenvalue weighted by molar-refractivity contribution is -0.123. The maximum atomic E-state index is 11.3. The third kappa shape index (κ3) is 4.13. The Morgan fingerprint density at radius 3 is 2.40 bits per heavy atom. The molecule has 0 aliphatic carbocycles. The molecule has 5 nitrogen and oxygen atoms in total. The van der Waals surface area contributed by atoms with E-state index in [1.54, 1.807) is 28.1 Å². The molecule has 1 amide bonds. The van der Waals surface area contributed by atoms with Gasteiger partial charge in [0.15, 0.2) is 11.5 Å². The van der Waals surface area contributed by atoms with Gasteiger partial charge in [-0.25, -0.2) is 0 Å². The molecule has 0 radical (unpaired) electrons. The van der Waals surface area contributed by atoms with Crippen LogP contribution in [0.25, 0.3) is 0 Å². The number of primary amides is 1. The second kappa shape index (κ2) is 6.61. The van der Waals surface area contributed by atoms with E-state index in [1.807, 2.05) is 25.1 Å². The van der Waals surface area contributed by atoms with Gasteiger partial charge in [0.25, 0.3) is 0 Å². The van der Waals surface area contributed by atoms with Crippen molar-refractivity contribution in [2.24, 2.45) is 5.73 Å². The van der Waals surface area contributed by atoms with Crippen LogP contribution >= 0.6 is 0 Å². The van der Waals surface area contributed by atoms with E-state index in [9.17, 15) is 4.79 Å².